The normalized spacial score (nSPS) is 18.6. The molecule has 1 amide bonds. The predicted octanol–water partition coefficient (Wildman–Crippen LogP) is 5.07. The van der Waals surface area contributed by atoms with Gasteiger partial charge in [0.25, 0.3) is 5.56 Å². The Kier molecular flexibility index (Phi) is 6.35. The Labute approximate surface area is 180 Å². The Balaban J connectivity index is 1.61. The van der Waals surface area contributed by atoms with E-state index in [2.05, 4.69) is 6.92 Å². The molecular formula is C22H31N3O2S2. The molecule has 158 valence electrons. The van der Waals surface area contributed by atoms with Gasteiger partial charge in [-0.05, 0) is 45.1 Å². The molecule has 2 aromatic heterocycles. The number of carbonyl (C=O) groups is 1. The van der Waals surface area contributed by atoms with Gasteiger partial charge in [-0.25, -0.2) is 4.98 Å². The van der Waals surface area contributed by atoms with Crippen molar-refractivity contribution < 1.29 is 4.79 Å². The fourth-order valence-corrected chi connectivity index (χ4v) is 6.83. The lowest BCUT2D eigenvalue weighted by Gasteiger charge is -2.31. The summed E-state index contributed by atoms with van der Waals surface area (Å²) in [6.45, 7) is 4.07. The highest BCUT2D eigenvalue weighted by molar-refractivity contribution is 7.99. The molecule has 7 heteroatoms. The molecule has 0 N–H and O–H groups in total. The van der Waals surface area contributed by atoms with Crippen LogP contribution in [-0.4, -0.2) is 39.2 Å². The number of hydrogen-bond donors (Lipinski definition) is 0. The Hall–Kier alpha value is -1.34. The zero-order chi connectivity index (χ0) is 20.5. The molecule has 2 aliphatic carbocycles. The molecule has 0 radical (unpaired) electrons. The van der Waals surface area contributed by atoms with E-state index < -0.39 is 0 Å². The maximum absolute atomic E-state index is 13.4. The van der Waals surface area contributed by atoms with Crippen LogP contribution in [0.2, 0.25) is 0 Å². The molecule has 2 saturated carbocycles. The van der Waals surface area contributed by atoms with Crippen LogP contribution in [-0.2, 0) is 4.79 Å². The van der Waals surface area contributed by atoms with Crippen LogP contribution in [0.25, 0.3) is 10.2 Å². The van der Waals surface area contributed by atoms with Gasteiger partial charge in [0, 0.05) is 24.0 Å². The molecule has 2 fully saturated rings. The second kappa shape index (κ2) is 8.80. The highest BCUT2D eigenvalue weighted by Crippen LogP contribution is 2.34. The third kappa shape index (κ3) is 4.13. The van der Waals surface area contributed by atoms with Gasteiger partial charge < -0.3 is 4.90 Å². The smallest absolute Gasteiger partial charge is 0.263 e. The van der Waals surface area contributed by atoms with E-state index in [0.29, 0.717) is 11.8 Å². The summed E-state index contributed by atoms with van der Waals surface area (Å²) < 4.78 is 1.91. The fourth-order valence-electron chi connectivity index (χ4n) is 4.77. The number of aromatic nitrogens is 2. The van der Waals surface area contributed by atoms with Crippen molar-refractivity contribution in [2.75, 3.05) is 12.8 Å². The minimum absolute atomic E-state index is 0.0827. The summed E-state index contributed by atoms with van der Waals surface area (Å²) in [5.41, 5.74) is 1.14. The summed E-state index contributed by atoms with van der Waals surface area (Å²) in [4.78, 5) is 35.0. The third-order valence-corrected chi connectivity index (χ3v) is 8.77. The zero-order valence-corrected chi connectivity index (χ0v) is 19.3. The maximum Gasteiger partial charge on any atom is 0.263 e. The summed E-state index contributed by atoms with van der Waals surface area (Å²) in [6, 6.07) is 0.583. The van der Waals surface area contributed by atoms with E-state index in [1.54, 1.807) is 11.3 Å². The van der Waals surface area contributed by atoms with Gasteiger partial charge in [0.15, 0.2) is 5.16 Å². The second-order valence-electron chi connectivity index (χ2n) is 8.56. The lowest BCUT2D eigenvalue weighted by Crippen LogP contribution is -2.39. The van der Waals surface area contributed by atoms with Crippen LogP contribution in [0, 0.1) is 13.8 Å². The first-order chi connectivity index (χ1) is 14.0. The first kappa shape index (κ1) is 20.9. The van der Waals surface area contributed by atoms with Crippen molar-refractivity contribution in [3.8, 4) is 0 Å². The van der Waals surface area contributed by atoms with Crippen molar-refractivity contribution in [3.63, 3.8) is 0 Å². The molecule has 0 aromatic carbocycles. The quantitative estimate of drug-likeness (QED) is 0.488. The van der Waals surface area contributed by atoms with Gasteiger partial charge >= 0.3 is 0 Å². The van der Waals surface area contributed by atoms with Crippen LogP contribution >= 0.6 is 23.1 Å². The van der Waals surface area contributed by atoms with Gasteiger partial charge in [0.05, 0.1) is 11.1 Å². The Morgan fingerprint density at radius 2 is 1.79 bits per heavy atom. The molecule has 0 saturated heterocycles. The minimum atomic E-state index is 0.0827. The van der Waals surface area contributed by atoms with Crippen molar-refractivity contribution >= 4 is 39.2 Å². The van der Waals surface area contributed by atoms with E-state index in [-0.39, 0.29) is 17.5 Å². The fraction of sp³-hybridized carbons (Fsp3) is 0.682. The van der Waals surface area contributed by atoms with Crippen molar-refractivity contribution in [2.45, 2.75) is 88.9 Å². The lowest BCUT2D eigenvalue weighted by atomic mass is 9.94. The average molecular weight is 434 g/mol. The first-order valence-electron chi connectivity index (χ1n) is 10.9. The first-order valence-corrected chi connectivity index (χ1v) is 12.7. The molecule has 2 aliphatic rings. The van der Waals surface area contributed by atoms with E-state index in [1.807, 2.05) is 23.4 Å². The molecule has 0 spiro atoms. The van der Waals surface area contributed by atoms with Crippen molar-refractivity contribution in [2.24, 2.45) is 0 Å². The van der Waals surface area contributed by atoms with Crippen LogP contribution in [0.5, 0.6) is 0 Å². The molecule has 2 heterocycles. The number of thiophene rings is 1. The van der Waals surface area contributed by atoms with Crippen LogP contribution in [0.3, 0.4) is 0 Å². The summed E-state index contributed by atoms with van der Waals surface area (Å²) in [7, 11) is 1.94. The monoisotopic (exact) mass is 433 g/mol. The summed E-state index contributed by atoms with van der Waals surface area (Å²) in [6.07, 6.45) is 10.3. The molecule has 0 bridgehead atoms. The SMILES string of the molecule is Cc1sc2nc(SCC(=O)N(C)C3CCCCC3)n(C3CCCC3)c(=O)c2c1C. The molecule has 4 rings (SSSR count). The maximum atomic E-state index is 13.4. The average Bonchev–Trinajstić information content (AvgIpc) is 3.34. The number of hydrogen-bond acceptors (Lipinski definition) is 5. The van der Waals surface area contributed by atoms with Crippen molar-refractivity contribution in [1.82, 2.24) is 14.5 Å². The number of thioether (sulfide) groups is 1. The summed E-state index contributed by atoms with van der Waals surface area (Å²) in [5, 5.41) is 1.50. The zero-order valence-electron chi connectivity index (χ0n) is 17.7. The van der Waals surface area contributed by atoms with E-state index in [1.165, 1.54) is 31.0 Å². The van der Waals surface area contributed by atoms with Crippen LogP contribution in [0.4, 0.5) is 0 Å². The van der Waals surface area contributed by atoms with Crippen LogP contribution < -0.4 is 5.56 Å². The predicted molar refractivity (Wildman–Crippen MR) is 121 cm³/mol. The van der Waals surface area contributed by atoms with E-state index in [0.717, 1.165) is 64.3 Å². The Bertz CT molecular complexity index is 953. The molecule has 0 aliphatic heterocycles. The number of carbonyl (C=O) groups excluding carboxylic acids is 1. The summed E-state index contributed by atoms with van der Waals surface area (Å²) >= 11 is 3.03. The number of nitrogens with zero attached hydrogens (tertiary/aromatic N) is 3. The van der Waals surface area contributed by atoms with Gasteiger partial charge in [-0.1, -0.05) is 43.9 Å². The highest BCUT2D eigenvalue weighted by Gasteiger charge is 2.26. The van der Waals surface area contributed by atoms with Gasteiger partial charge in [-0.3, -0.25) is 14.2 Å². The van der Waals surface area contributed by atoms with E-state index >= 15 is 0 Å². The van der Waals surface area contributed by atoms with Gasteiger partial charge in [-0.15, -0.1) is 11.3 Å². The molecule has 0 atom stereocenters. The van der Waals surface area contributed by atoms with Crippen LogP contribution in [0.1, 0.15) is 74.3 Å². The molecule has 29 heavy (non-hydrogen) atoms. The second-order valence-corrected chi connectivity index (χ2v) is 10.7. The van der Waals surface area contributed by atoms with Crippen molar-refractivity contribution in [1.29, 1.82) is 0 Å². The van der Waals surface area contributed by atoms with E-state index in [4.69, 9.17) is 4.98 Å². The van der Waals surface area contributed by atoms with E-state index in [9.17, 15) is 9.59 Å². The molecular weight excluding hydrogens is 402 g/mol. The summed E-state index contributed by atoms with van der Waals surface area (Å²) in [5.74, 6) is 0.494. The number of rotatable bonds is 5. The molecule has 2 aromatic rings. The number of fused-ring (bicyclic) bond motifs is 1. The molecule has 5 nitrogen and oxygen atoms in total. The standard InChI is InChI=1S/C22H31N3O2S2/c1-14-15(2)29-20-19(14)21(27)25(17-11-7-8-12-17)22(23-20)28-13-18(26)24(3)16-9-5-4-6-10-16/h16-17H,4-13H2,1-3H3. The van der Waals surface area contributed by atoms with Gasteiger partial charge in [0.2, 0.25) is 5.91 Å². The van der Waals surface area contributed by atoms with Gasteiger partial charge in [0.1, 0.15) is 4.83 Å². The Morgan fingerprint density at radius 1 is 1.14 bits per heavy atom. The molecule has 0 unspecified atom stereocenters. The van der Waals surface area contributed by atoms with Crippen molar-refractivity contribution in [3.05, 3.63) is 20.8 Å². The Morgan fingerprint density at radius 3 is 2.48 bits per heavy atom. The largest absolute Gasteiger partial charge is 0.342 e. The lowest BCUT2D eigenvalue weighted by molar-refractivity contribution is -0.129. The topological polar surface area (TPSA) is 55.2 Å². The van der Waals surface area contributed by atoms with Gasteiger partial charge in [-0.2, -0.15) is 0 Å². The third-order valence-electron chi connectivity index (χ3n) is 6.73. The van der Waals surface area contributed by atoms with Crippen LogP contribution in [0.15, 0.2) is 9.95 Å². The highest BCUT2D eigenvalue weighted by atomic mass is 32.2. The number of aryl methyl sites for hydroxylation is 2. The number of amides is 1. The minimum Gasteiger partial charge on any atom is -0.342 e.